The lowest BCUT2D eigenvalue weighted by Gasteiger charge is -2.31. The summed E-state index contributed by atoms with van der Waals surface area (Å²) in [7, 11) is -3.58. The normalized spacial score (nSPS) is 15.2. The van der Waals surface area contributed by atoms with Crippen LogP contribution in [0.5, 0.6) is 0 Å². The van der Waals surface area contributed by atoms with Gasteiger partial charge in [-0.05, 0) is 119 Å². The zero-order valence-corrected chi connectivity index (χ0v) is 34.2. The van der Waals surface area contributed by atoms with Gasteiger partial charge in [0, 0.05) is 15.9 Å². The molecule has 0 aromatic heterocycles. The largest absolute Gasteiger partial charge is 0.309 e. The van der Waals surface area contributed by atoms with Crippen molar-refractivity contribution in [1.82, 2.24) is 0 Å². The Balaban J connectivity index is 1.08. The topological polar surface area (TPSA) is 45.2 Å². The summed E-state index contributed by atoms with van der Waals surface area (Å²) in [4.78, 5) is 3.89. The van der Waals surface area contributed by atoms with Gasteiger partial charge in [0.25, 0.3) is 0 Å². The fraction of sp³-hybridized carbons (Fsp3) is 0.0345. The van der Waals surface area contributed by atoms with Crippen LogP contribution in [0.15, 0.2) is 200 Å². The van der Waals surface area contributed by atoms with Crippen molar-refractivity contribution in [2.45, 2.75) is 10.8 Å². The third-order valence-electron chi connectivity index (χ3n) is 14.2. The van der Waals surface area contributed by atoms with E-state index in [1.807, 2.05) is 54.6 Å². The molecule has 9 aromatic rings. The van der Waals surface area contributed by atoms with Crippen molar-refractivity contribution in [2.75, 3.05) is 0 Å². The Kier molecular flexibility index (Phi) is 6.99. The number of nitrogens with zero attached hydrogens (tertiary/aromatic N) is 2. The first-order chi connectivity index (χ1) is 30.5. The monoisotopic (exact) mass is 804 g/mol. The number of hydrogen-bond acceptors (Lipinski definition) is 2. The van der Waals surface area contributed by atoms with Gasteiger partial charge in [-0.15, -0.1) is 0 Å². The van der Waals surface area contributed by atoms with Gasteiger partial charge in [0.05, 0.1) is 29.0 Å². The molecule has 0 heterocycles. The predicted molar refractivity (Wildman–Crippen MR) is 249 cm³/mol. The van der Waals surface area contributed by atoms with E-state index < -0.39 is 18.0 Å². The van der Waals surface area contributed by atoms with Crippen molar-refractivity contribution in [2.24, 2.45) is 0 Å². The number of benzene rings is 9. The summed E-state index contributed by atoms with van der Waals surface area (Å²) in [6.07, 6.45) is 0. The first-order valence-corrected chi connectivity index (χ1v) is 22.7. The SMILES string of the molecule is [C-]#[N+]c1ccc2c(c1)-c1cc(P(=O)(c3ccccc3)c3ccc4c(c3)-c3cc(C#N)ccc3C43c4ccccc4-c4ccccc43)ccc1C21c2ccccc2-c2ccccc21. The maximum Gasteiger partial charge on any atom is 0.187 e. The van der Waals surface area contributed by atoms with Crippen LogP contribution in [0.25, 0.3) is 49.4 Å². The molecule has 286 valence electrons. The van der Waals surface area contributed by atoms with Gasteiger partial charge in [0.15, 0.2) is 12.8 Å². The van der Waals surface area contributed by atoms with Crippen LogP contribution in [0, 0.1) is 17.9 Å². The summed E-state index contributed by atoms with van der Waals surface area (Å²) in [5.74, 6) is 0. The highest BCUT2D eigenvalue weighted by Crippen LogP contribution is 2.65. The second-order valence-electron chi connectivity index (χ2n) is 16.8. The maximum absolute atomic E-state index is 16.8. The van der Waals surface area contributed by atoms with E-state index >= 15 is 4.57 Å². The molecule has 0 fully saturated rings. The average molecular weight is 805 g/mol. The van der Waals surface area contributed by atoms with Crippen molar-refractivity contribution in [3.05, 3.63) is 262 Å². The fourth-order valence-electron chi connectivity index (χ4n) is 11.9. The second kappa shape index (κ2) is 12.4. The molecule has 0 N–H and O–H groups in total. The lowest BCUT2D eigenvalue weighted by Crippen LogP contribution is -2.28. The van der Waals surface area contributed by atoms with E-state index in [1.165, 1.54) is 44.5 Å². The van der Waals surface area contributed by atoms with Crippen LogP contribution in [-0.2, 0) is 15.4 Å². The molecule has 0 radical (unpaired) electrons. The van der Waals surface area contributed by atoms with E-state index in [0.717, 1.165) is 60.4 Å². The van der Waals surface area contributed by atoms with E-state index in [9.17, 15) is 5.26 Å². The first-order valence-electron chi connectivity index (χ1n) is 20.9. The molecule has 0 saturated heterocycles. The molecular weight excluding hydrogens is 772 g/mol. The number of hydrogen-bond donors (Lipinski definition) is 0. The van der Waals surface area contributed by atoms with Crippen molar-refractivity contribution in [3.63, 3.8) is 0 Å². The minimum absolute atomic E-state index is 0.570. The fourth-order valence-corrected chi connectivity index (χ4v) is 14.6. The summed E-state index contributed by atoms with van der Waals surface area (Å²) < 4.78 is 16.8. The van der Waals surface area contributed by atoms with Gasteiger partial charge >= 0.3 is 0 Å². The van der Waals surface area contributed by atoms with Crippen LogP contribution in [0.2, 0.25) is 0 Å². The molecule has 4 aliphatic rings. The molecule has 3 nitrogen and oxygen atoms in total. The molecule has 0 bridgehead atoms. The van der Waals surface area contributed by atoms with E-state index in [4.69, 9.17) is 6.57 Å². The molecule has 0 amide bonds. The van der Waals surface area contributed by atoms with Crippen LogP contribution in [0.1, 0.15) is 50.1 Å². The zero-order chi connectivity index (χ0) is 41.4. The Hall–Kier alpha value is -7.81. The van der Waals surface area contributed by atoms with E-state index in [-0.39, 0.29) is 0 Å². The summed E-state index contributed by atoms with van der Waals surface area (Å²) in [5, 5.41) is 12.4. The van der Waals surface area contributed by atoms with Crippen LogP contribution >= 0.6 is 7.14 Å². The molecular formula is C58H33N2OP. The Labute approximate surface area is 360 Å². The summed E-state index contributed by atoms with van der Waals surface area (Å²) in [5.41, 5.74) is 18.1. The maximum atomic E-state index is 16.8. The van der Waals surface area contributed by atoms with Crippen LogP contribution in [-0.4, -0.2) is 0 Å². The molecule has 62 heavy (non-hydrogen) atoms. The molecule has 1 unspecified atom stereocenters. The highest BCUT2D eigenvalue weighted by molar-refractivity contribution is 7.85. The summed E-state index contributed by atoms with van der Waals surface area (Å²) in [6, 6.07) is 72.1. The predicted octanol–water partition coefficient (Wildman–Crippen LogP) is 12.4. The van der Waals surface area contributed by atoms with Crippen molar-refractivity contribution < 1.29 is 4.57 Å². The Bertz CT molecular complexity index is 3300. The second-order valence-corrected chi connectivity index (χ2v) is 19.6. The molecule has 4 aliphatic carbocycles. The van der Waals surface area contributed by atoms with Gasteiger partial charge in [-0.3, -0.25) is 0 Å². The number of rotatable bonds is 3. The van der Waals surface area contributed by atoms with Crippen LogP contribution in [0.3, 0.4) is 0 Å². The highest BCUT2D eigenvalue weighted by Gasteiger charge is 2.54. The molecule has 2 spiro atoms. The van der Waals surface area contributed by atoms with Gasteiger partial charge in [-0.25, -0.2) is 4.85 Å². The van der Waals surface area contributed by atoms with Gasteiger partial charge < -0.3 is 4.57 Å². The van der Waals surface area contributed by atoms with Crippen molar-refractivity contribution in [1.29, 1.82) is 5.26 Å². The van der Waals surface area contributed by atoms with Crippen molar-refractivity contribution >= 4 is 28.7 Å². The molecule has 1 atom stereocenters. The average Bonchev–Trinajstić information content (AvgIpc) is 4.02. The van der Waals surface area contributed by atoms with Crippen LogP contribution in [0.4, 0.5) is 5.69 Å². The standard InChI is InChI=1S/C58H33N2OP/c1-60-37-24-28-54-46(32-37)48-34-40(26-30-56(48)58(54)51-21-11-7-17-43(51)44-18-8-12-22-52(44)58)62(61,38-13-3-2-4-14-38)39-25-29-55-47(33-39)45-31-36(35-59)23-27-53(45)57(55)49-19-9-5-15-41(49)42-16-6-10-20-50(42)57/h2-34H. The van der Waals surface area contributed by atoms with E-state index in [2.05, 4.69) is 157 Å². The van der Waals surface area contributed by atoms with Gasteiger partial charge in [-0.2, -0.15) is 5.26 Å². The van der Waals surface area contributed by atoms with Gasteiger partial charge in [-0.1, -0.05) is 170 Å². The van der Waals surface area contributed by atoms with E-state index in [0.29, 0.717) is 11.3 Å². The minimum Gasteiger partial charge on any atom is -0.309 e. The Morgan fingerprint density at radius 1 is 0.387 bits per heavy atom. The summed E-state index contributed by atoms with van der Waals surface area (Å²) >= 11 is 0. The van der Waals surface area contributed by atoms with Crippen LogP contribution < -0.4 is 15.9 Å². The molecule has 0 saturated carbocycles. The molecule has 0 aliphatic heterocycles. The highest BCUT2D eigenvalue weighted by atomic mass is 31.2. The third kappa shape index (κ3) is 4.12. The van der Waals surface area contributed by atoms with Gasteiger partial charge in [0.1, 0.15) is 0 Å². The third-order valence-corrected chi connectivity index (χ3v) is 17.3. The van der Waals surface area contributed by atoms with Crippen molar-refractivity contribution in [3.8, 4) is 50.6 Å². The zero-order valence-electron chi connectivity index (χ0n) is 33.3. The number of fused-ring (bicyclic) bond motifs is 20. The lowest BCUT2D eigenvalue weighted by atomic mass is 9.70. The molecule has 4 heteroatoms. The molecule has 13 rings (SSSR count). The molecule has 9 aromatic carbocycles. The quantitative estimate of drug-likeness (QED) is 0.132. The smallest absolute Gasteiger partial charge is 0.187 e. The lowest BCUT2D eigenvalue weighted by molar-refractivity contribution is 0.592. The van der Waals surface area contributed by atoms with E-state index in [1.54, 1.807) is 0 Å². The number of nitriles is 1. The first kappa shape index (κ1) is 35.0. The minimum atomic E-state index is -3.58. The van der Waals surface area contributed by atoms with Gasteiger partial charge in [0.2, 0.25) is 0 Å². The Morgan fingerprint density at radius 3 is 1.21 bits per heavy atom. The summed E-state index contributed by atoms with van der Waals surface area (Å²) in [6.45, 7) is 8.03. The Morgan fingerprint density at radius 2 is 0.758 bits per heavy atom.